The van der Waals surface area contributed by atoms with Crippen LogP contribution in [0.1, 0.15) is 51.0 Å². The third-order valence-electron chi connectivity index (χ3n) is 7.10. The summed E-state index contributed by atoms with van der Waals surface area (Å²) in [5.74, 6) is -7.33. The van der Waals surface area contributed by atoms with E-state index in [4.69, 9.17) is 15.9 Å². The van der Waals surface area contributed by atoms with Gasteiger partial charge in [-0.05, 0) is 38.2 Å². The monoisotopic (exact) mass is 621 g/mol. The standard InChI is InChI=1S/C28H39N5O11/c1-15(34)23(29)26(41)32-19(14-16-6-3-2-4-7-16)27(42)33-13-5-8-20(33)25(40)30-17(9-11-21(35)36)24(39)31-18(28(43)44)10-12-22(37)38/h2-4,6-7,15,17-20,23,34H,5,8-14,29H2,1H3,(H,30,40)(H,31,39)(H,32,41)(H,35,36)(H,37,38)(H,43,44). The van der Waals surface area contributed by atoms with Crippen LogP contribution >= 0.6 is 0 Å². The number of carboxylic acids is 3. The fraction of sp³-hybridized carbons (Fsp3) is 0.536. The van der Waals surface area contributed by atoms with Gasteiger partial charge >= 0.3 is 17.9 Å². The molecule has 0 saturated carbocycles. The lowest BCUT2D eigenvalue weighted by atomic mass is 10.0. The summed E-state index contributed by atoms with van der Waals surface area (Å²) in [6.45, 7) is 1.45. The molecular weight excluding hydrogens is 582 g/mol. The number of hydrogen-bond donors (Lipinski definition) is 8. The highest BCUT2D eigenvalue weighted by Crippen LogP contribution is 2.20. The van der Waals surface area contributed by atoms with Gasteiger partial charge in [-0.15, -0.1) is 0 Å². The Morgan fingerprint density at radius 2 is 1.43 bits per heavy atom. The van der Waals surface area contributed by atoms with E-state index in [1.165, 1.54) is 11.8 Å². The molecule has 4 amide bonds. The minimum Gasteiger partial charge on any atom is -0.481 e. The minimum atomic E-state index is -1.61. The van der Waals surface area contributed by atoms with Gasteiger partial charge in [0.05, 0.1) is 6.10 Å². The second kappa shape index (κ2) is 16.9. The summed E-state index contributed by atoms with van der Waals surface area (Å²) in [5, 5.41) is 44.2. The molecule has 16 heteroatoms. The lowest BCUT2D eigenvalue weighted by Crippen LogP contribution is -2.59. The van der Waals surface area contributed by atoms with Crippen molar-refractivity contribution in [1.29, 1.82) is 0 Å². The second-order valence-corrected chi connectivity index (χ2v) is 10.5. The summed E-state index contributed by atoms with van der Waals surface area (Å²) in [7, 11) is 0. The Morgan fingerprint density at radius 1 is 0.864 bits per heavy atom. The Kier molecular flexibility index (Phi) is 13.7. The molecule has 0 radical (unpaired) electrons. The van der Waals surface area contributed by atoms with Crippen LogP contribution in [-0.2, 0) is 40.0 Å². The van der Waals surface area contributed by atoms with E-state index in [2.05, 4.69) is 16.0 Å². The van der Waals surface area contributed by atoms with E-state index in [1.54, 1.807) is 30.3 Å². The van der Waals surface area contributed by atoms with E-state index in [1.807, 2.05) is 0 Å². The van der Waals surface area contributed by atoms with Crippen molar-refractivity contribution in [3.05, 3.63) is 35.9 Å². The number of benzene rings is 1. The molecule has 16 nitrogen and oxygen atoms in total. The van der Waals surface area contributed by atoms with Gasteiger partial charge < -0.3 is 47.0 Å². The minimum absolute atomic E-state index is 0.0410. The molecule has 1 saturated heterocycles. The van der Waals surface area contributed by atoms with Crippen LogP contribution in [0.4, 0.5) is 0 Å². The largest absolute Gasteiger partial charge is 0.481 e. The van der Waals surface area contributed by atoms with Crippen LogP contribution in [0.15, 0.2) is 30.3 Å². The molecule has 0 aromatic heterocycles. The molecule has 1 aliphatic rings. The van der Waals surface area contributed by atoms with Crippen molar-refractivity contribution in [2.24, 2.45) is 5.73 Å². The summed E-state index contributed by atoms with van der Waals surface area (Å²) < 4.78 is 0. The molecule has 6 unspecified atom stereocenters. The van der Waals surface area contributed by atoms with Gasteiger partial charge in [-0.25, -0.2) is 4.79 Å². The summed E-state index contributed by atoms with van der Waals surface area (Å²) in [4.78, 5) is 87.6. The number of likely N-dealkylation sites (tertiary alicyclic amines) is 1. The van der Waals surface area contributed by atoms with Gasteiger partial charge in [-0.2, -0.15) is 0 Å². The Morgan fingerprint density at radius 3 is 1.98 bits per heavy atom. The Bertz CT molecular complexity index is 1210. The molecule has 0 aliphatic carbocycles. The Labute approximate surface area is 253 Å². The first-order chi connectivity index (χ1) is 20.7. The summed E-state index contributed by atoms with van der Waals surface area (Å²) in [6.07, 6.45) is -2.58. The van der Waals surface area contributed by atoms with E-state index >= 15 is 0 Å². The predicted octanol–water partition coefficient (Wildman–Crippen LogP) is -1.80. The molecule has 6 atom stereocenters. The number of aliphatic carboxylic acids is 3. The molecule has 0 bridgehead atoms. The molecule has 1 fully saturated rings. The van der Waals surface area contributed by atoms with Crippen molar-refractivity contribution in [1.82, 2.24) is 20.9 Å². The number of aliphatic hydroxyl groups is 1. The number of hydrogen-bond acceptors (Lipinski definition) is 9. The van der Waals surface area contributed by atoms with Gasteiger partial charge in [0.2, 0.25) is 23.6 Å². The van der Waals surface area contributed by atoms with Crippen molar-refractivity contribution >= 4 is 41.5 Å². The fourth-order valence-electron chi connectivity index (χ4n) is 4.64. The summed E-state index contributed by atoms with van der Waals surface area (Å²) in [6, 6.07) is 2.02. The molecular formula is C28H39N5O11. The summed E-state index contributed by atoms with van der Waals surface area (Å²) in [5.41, 5.74) is 6.45. The number of nitrogens with one attached hydrogen (secondary N) is 3. The highest BCUT2D eigenvalue weighted by Gasteiger charge is 2.39. The molecule has 1 aromatic rings. The number of carboxylic acid groups (broad SMARTS) is 3. The van der Waals surface area contributed by atoms with Crippen LogP contribution in [0.25, 0.3) is 0 Å². The van der Waals surface area contributed by atoms with Gasteiger partial charge in [0, 0.05) is 25.8 Å². The first-order valence-electron chi connectivity index (χ1n) is 14.1. The Balaban J connectivity index is 2.25. The molecule has 9 N–H and O–H groups in total. The van der Waals surface area contributed by atoms with Crippen LogP contribution in [0.2, 0.25) is 0 Å². The van der Waals surface area contributed by atoms with E-state index in [0.29, 0.717) is 12.0 Å². The zero-order valence-electron chi connectivity index (χ0n) is 24.2. The SMILES string of the molecule is CC(O)C(N)C(=O)NC(Cc1ccccc1)C(=O)N1CCCC1C(=O)NC(CCC(=O)O)C(=O)NC(CCC(=O)O)C(=O)O. The maximum Gasteiger partial charge on any atom is 0.326 e. The van der Waals surface area contributed by atoms with Gasteiger partial charge in [0.1, 0.15) is 30.2 Å². The lowest BCUT2D eigenvalue weighted by Gasteiger charge is -2.30. The third kappa shape index (κ3) is 10.9. The van der Waals surface area contributed by atoms with E-state index in [-0.39, 0.29) is 19.4 Å². The highest BCUT2D eigenvalue weighted by atomic mass is 16.4. The second-order valence-electron chi connectivity index (χ2n) is 10.5. The van der Waals surface area contributed by atoms with Gasteiger partial charge in [-0.1, -0.05) is 30.3 Å². The molecule has 2 rings (SSSR count). The zero-order chi connectivity index (χ0) is 33.0. The molecule has 1 aliphatic heterocycles. The van der Waals surface area contributed by atoms with Crippen molar-refractivity contribution < 1.29 is 54.0 Å². The highest BCUT2D eigenvalue weighted by molar-refractivity contribution is 5.96. The number of aliphatic hydroxyl groups excluding tert-OH is 1. The third-order valence-corrected chi connectivity index (χ3v) is 7.10. The van der Waals surface area contributed by atoms with Gasteiger partial charge in [0.25, 0.3) is 0 Å². The van der Waals surface area contributed by atoms with E-state index < -0.39 is 104 Å². The first-order valence-corrected chi connectivity index (χ1v) is 14.1. The van der Waals surface area contributed by atoms with Crippen LogP contribution in [-0.4, -0.2) is 110 Å². The van der Waals surface area contributed by atoms with E-state index in [0.717, 1.165) is 0 Å². The van der Waals surface area contributed by atoms with Gasteiger partial charge in [0.15, 0.2) is 0 Å². The van der Waals surface area contributed by atoms with Gasteiger partial charge in [-0.3, -0.25) is 28.8 Å². The number of nitrogens with two attached hydrogens (primary N) is 1. The average Bonchev–Trinajstić information content (AvgIpc) is 3.46. The van der Waals surface area contributed by atoms with Crippen LogP contribution < -0.4 is 21.7 Å². The number of carbonyl (C=O) groups excluding carboxylic acids is 4. The normalized spacial score (nSPS) is 17.8. The van der Waals surface area contributed by atoms with Crippen LogP contribution in [0.3, 0.4) is 0 Å². The number of amides is 4. The quantitative estimate of drug-likeness (QED) is 0.0957. The summed E-state index contributed by atoms with van der Waals surface area (Å²) >= 11 is 0. The van der Waals surface area contributed by atoms with Crippen molar-refractivity contribution in [2.75, 3.05) is 6.54 Å². The van der Waals surface area contributed by atoms with Crippen molar-refractivity contribution in [2.45, 2.75) is 88.2 Å². The smallest absolute Gasteiger partial charge is 0.326 e. The molecule has 1 heterocycles. The van der Waals surface area contributed by atoms with Crippen molar-refractivity contribution in [3.63, 3.8) is 0 Å². The Hall–Kier alpha value is -4.57. The topological polar surface area (TPSA) is 266 Å². The molecule has 242 valence electrons. The molecule has 0 spiro atoms. The first kappa shape index (κ1) is 35.6. The zero-order valence-corrected chi connectivity index (χ0v) is 24.2. The lowest BCUT2D eigenvalue weighted by molar-refractivity contribution is -0.145. The van der Waals surface area contributed by atoms with E-state index in [9.17, 15) is 43.8 Å². The fourth-order valence-corrected chi connectivity index (χ4v) is 4.64. The number of rotatable bonds is 17. The van der Waals surface area contributed by atoms with Crippen molar-refractivity contribution in [3.8, 4) is 0 Å². The number of nitrogens with zero attached hydrogens (tertiary/aromatic N) is 1. The average molecular weight is 622 g/mol. The van der Waals surface area contributed by atoms with Crippen LogP contribution in [0, 0.1) is 0 Å². The number of carbonyl (C=O) groups is 7. The van der Waals surface area contributed by atoms with Crippen LogP contribution in [0.5, 0.6) is 0 Å². The molecule has 44 heavy (non-hydrogen) atoms. The predicted molar refractivity (Wildman–Crippen MR) is 152 cm³/mol. The maximum absolute atomic E-state index is 13.7. The molecule has 1 aromatic carbocycles. The maximum atomic E-state index is 13.7.